The van der Waals surface area contributed by atoms with Gasteiger partial charge in [-0.05, 0) is 17.7 Å². The minimum Gasteiger partial charge on any atom is -0.360 e. The van der Waals surface area contributed by atoms with Gasteiger partial charge in [-0.1, -0.05) is 37.3 Å². The molecule has 1 aromatic heterocycles. The van der Waals surface area contributed by atoms with E-state index < -0.39 is 13.6 Å². The lowest BCUT2D eigenvalue weighted by atomic mass is 10.1. The lowest BCUT2D eigenvalue weighted by Gasteiger charge is -2.15. The molecular formula is C15H25ClN4O2SSi. The number of rotatable bonds is 9. The van der Waals surface area contributed by atoms with Crippen molar-refractivity contribution in [2.45, 2.75) is 44.6 Å². The molecular weight excluding hydrogens is 364 g/mol. The number of thiol groups is 1. The molecule has 0 radical (unpaired) electrons. The van der Waals surface area contributed by atoms with Gasteiger partial charge in [0.1, 0.15) is 6.73 Å². The number of nitrogens with zero attached hydrogens (tertiary/aromatic N) is 2. The van der Waals surface area contributed by atoms with Gasteiger partial charge >= 0.3 is 0 Å². The molecule has 3 N–H and O–H groups in total. The lowest BCUT2D eigenvalue weighted by molar-refractivity contribution is 0.0800. The number of benzene rings is 1. The van der Waals surface area contributed by atoms with E-state index in [-0.39, 0.29) is 0 Å². The second-order valence-corrected chi connectivity index (χ2v) is 13.3. The molecule has 0 bridgehead atoms. The molecule has 0 spiro atoms. The smallest absolute Gasteiger partial charge is 0.165 e. The Hall–Kier alpha value is -0.613. The number of fused-ring (bicyclic) bond motifs is 1. The van der Waals surface area contributed by atoms with Crippen LogP contribution in [0.4, 0.5) is 0 Å². The highest BCUT2D eigenvalue weighted by atomic mass is 35.5. The highest BCUT2D eigenvalue weighted by Crippen LogP contribution is 2.27. The molecule has 1 atom stereocenters. The van der Waals surface area contributed by atoms with E-state index in [2.05, 4.69) is 42.8 Å². The number of hydrazine groups is 1. The van der Waals surface area contributed by atoms with Crippen LogP contribution >= 0.6 is 24.2 Å². The summed E-state index contributed by atoms with van der Waals surface area (Å²) < 4.78 is 13.1. The minimum atomic E-state index is -1.10. The minimum absolute atomic E-state index is 0.355. The van der Waals surface area contributed by atoms with Gasteiger partial charge in [0.25, 0.3) is 0 Å². The van der Waals surface area contributed by atoms with Gasteiger partial charge in [0.15, 0.2) is 5.56 Å². The molecule has 1 unspecified atom stereocenters. The summed E-state index contributed by atoms with van der Waals surface area (Å²) in [6, 6.07) is 4.88. The van der Waals surface area contributed by atoms with Gasteiger partial charge in [0.2, 0.25) is 0 Å². The molecule has 0 saturated carbocycles. The van der Waals surface area contributed by atoms with E-state index in [0.29, 0.717) is 18.4 Å². The highest BCUT2D eigenvalue weighted by molar-refractivity contribution is 7.80. The molecule has 6 nitrogen and oxygen atoms in total. The number of hydrogen-bond acceptors (Lipinski definition) is 6. The van der Waals surface area contributed by atoms with Crippen LogP contribution in [0.2, 0.25) is 30.7 Å². The van der Waals surface area contributed by atoms with Gasteiger partial charge in [-0.2, -0.15) is 5.10 Å². The fourth-order valence-electron chi connectivity index (χ4n) is 2.18. The van der Waals surface area contributed by atoms with Gasteiger partial charge < -0.3 is 9.47 Å². The molecule has 134 valence electrons. The number of hydrogen-bond donors (Lipinski definition) is 3. The quantitative estimate of drug-likeness (QED) is 0.154. The maximum absolute atomic E-state index is 6.35. The van der Waals surface area contributed by atoms with Crippen LogP contribution in [-0.4, -0.2) is 30.0 Å². The maximum atomic E-state index is 6.35. The van der Waals surface area contributed by atoms with Crippen molar-refractivity contribution in [2.75, 3.05) is 6.61 Å². The summed E-state index contributed by atoms with van der Waals surface area (Å²) >= 11 is 10.5. The monoisotopic (exact) mass is 388 g/mol. The first-order chi connectivity index (χ1) is 11.3. The summed E-state index contributed by atoms with van der Waals surface area (Å²) in [4.78, 5) is 0. The zero-order valence-electron chi connectivity index (χ0n) is 14.3. The van der Waals surface area contributed by atoms with E-state index in [4.69, 9.17) is 26.9 Å². The van der Waals surface area contributed by atoms with Crippen molar-refractivity contribution < 1.29 is 9.47 Å². The molecule has 0 amide bonds. The normalized spacial score (nSPS) is 13.6. The molecule has 2 rings (SSSR count). The van der Waals surface area contributed by atoms with E-state index in [0.717, 1.165) is 29.1 Å². The number of nitrogens with one attached hydrogen (secondary N) is 1. The van der Waals surface area contributed by atoms with Gasteiger partial charge in [-0.25, -0.2) is 10.1 Å². The van der Waals surface area contributed by atoms with Gasteiger partial charge in [0.05, 0.1) is 23.3 Å². The Bertz CT molecular complexity index is 677. The Morgan fingerprint density at radius 3 is 2.83 bits per heavy atom. The Kier molecular flexibility index (Phi) is 7.11. The van der Waals surface area contributed by atoms with Crippen molar-refractivity contribution >= 4 is 43.2 Å². The first-order valence-corrected chi connectivity index (χ1v) is 12.4. The predicted octanol–water partition coefficient (Wildman–Crippen LogP) is 3.20. The first kappa shape index (κ1) is 19.7. The van der Waals surface area contributed by atoms with Crippen molar-refractivity contribution in [3.8, 4) is 0 Å². The van der Waals surface area contributed by atoms with Crippen molar-refractivity contribution in [3.63, 3.8) is 0 Å². The van der Waals surface area contributed by atoms with Crippen LogP contribution in [0.15, 0.2) is 18.3 Å². The van der Waals surface area contributed by atoms with E-state index in [1.807, 2.05) is 12.1 Å². The van der Waals surface area contributed by atoms with Crippen LogP contribution in [0, 0.1) is 0 Å². The molecule has 24 heavy (non-hydrogen) atoms. The van der Waals surface area contributed by atoms with E-state index in [1.54, 1.807) is 10.9 Å². The maximum Gasteiger partial charge on any atom is 0.165 e. The van der Waals surface area contributed by atoms with E-state index in [9.17, 15) is 0 Å². The fourth-order valence-corrected chi connectivity index (χ4v) is 3.28. The molecule has 0 fully saturated rings. The second kappa shape index (κ2) is 8.66. The molecule has 0 saturated heterocycles. The largest absolute Gasteiger partial charge is 0.360 e. The number of halogens is 1. The average molecular weight is 389 g/mol. The van der Waals surface area contributed by atoms with Crippen molar-refractivity contribution in [2.24, 2.45) is 5.84 Å². The summed E-state index contributed by atoms with van der Waals surface area (Å²) in [6.45, 7) is 8.46. The van der Waals surface area contributed by atoms with Gasteiger partial charge in [-0.3, -0.25) is 5.84 Å². The van der Waals surface area contributed by atoms with Crippen molar-refractivity contribution in [3.05, 3.63) is 28.9 Å². The highest BCUT2D eigenvalue weighted by Gasteiger charge is 2.14. The zero-order chi connectivity index (χ0) is 17.7. The summed E-state index contributed by atoms with van der Waals surface area (Å²) in [5, 5.41) is 5.98. The fraction of sp³-hybridized carbons (Fsp3) is 0.533. The summed E-state index contributed by atoms with van der Waals surface area (Å²) in [5.74, 6) is 5.27. The van der Waals surface area contributed by atoms with E-state index in [1.165, 1.54) is 0 Å². The van der Waals surface area contributed by atoms with Crippen LogP contribution in [-0.2, 0) is 22.8 Å². The Labute approximate surface area is 154 Å². The van der Waals surface area contributed by atoms with Crippen LogP contribution in [0.5, 0.6) is 0 Å². The standard InChI is InChI=1S/C15H25ClN4O2SSi/c1-24(2,3)7-6-21-10-20-14-12(8-18-20)11(4-5-13(14)16)9-22-15(23)19-17/h4-5,8,15,19,23H,6-7,9-10,17H2,1-3H3. The molecule has 0 aliphatic heterocycles. The van der Waals surface area contributed by atoms with Gasteiger partial charge in [0, 0.05) is 20.1 Å². The van der Waals surface area contributed by atoms with Crippen LogP contribution in [0.3, 0.4) is 0 Å². The Balaban J connectivity index is 2.09. The zero-order valence-corrected chi connectivity index (χ0v) is 16.9. The number of aromatic nitrogens is 2. The molecule has 0 aliphatic rings. The SMILES string of the molecule is C[Si](C)(C)CCOCn1ncc2c(COC(S)NN)ccc(Cl)c21. The van der Waals surface area contributed by atoms with Crippen LogP contribution in [0.1, 0.15) is 5.56 Å². The first-order valence-electron chi connectivity index (χ1n) is 7.78. The topological polar surface area (TPSA) is 74.3 Å². The second-order valence-electron chi connectivity index (χ2n) is 6.79. The third-order valence-corrected chi connectivity index (χ3v) is 5.90. The Morgan fingerprint density at radius 2 is 2.17 bits per heavy atom. The van der Waals surface area contributed by atoms with E-state index >= 15 is 0 Å². The molecule has 0 aliphatic carbocycles. The lowest BCUT2D eigenvalue weighted by Crippen LogP contribution is -2.32. The van der Waals surface area contributed by atoms with Crippen LogP contribution < -0.4 is 11.3 Å². The Morgan fingerprint density at radius 1 is 1.42 bits per heavy atom. The summed E-state index contributed by atoms with van der Waals surface area (Å²) in [6.07, 6.45) is 1.78. The molecule has 1 heterocycles. The molecule has 1 aromatic carbocycles. The number of ether oxygens (including phenoxy) is 2. The number of nitrogens with two attached hydrogens (primary N) is 1. The summed E-state index contributed by atoms with van der Waals surface area (Å²) in [7, 11) is -1.10. The summed E-state index contributed by atoms with van der Waals surface area (Å²) in [5.41, 5.74) is 3.71. The molecule has 9 heteroatoms. The third-order valence-electron chi connectivity index (χ3n) is 3.59. The predicted molar refractivity (Wildman–Crippen MR) is 104 cm³/mol. The van der Waals surface area contributed by atoms with Crippen molar-refractivity contribution in [1.82, 2.24) is 15.2 Å². The average Bonchev–Trinajstić information content (AvgIpc) is 2.95. The van der Waals surface area contributed by atoms with Crippen molar-refractivity contribution in [1.29, 1.82) is 0 Å². The third kappa shape index (κ3) is 5.45. The van der Waals surface area contributed by atoms with Gasteiger partial charge in [-0.15, -0.1) is 12.6 Å². The van der Waals surface area contributed by atoms with Crippen LogP contribution in [0.25, 0.3) is 10.9 Å². The molecule has 2 aromatic rings.